The number of benzene rings is 2. The number of hydrogen-bond donors (Lipinski definition) is 0. The van der Waals surface area contributed by atoms with Gasteiger partial charge in [0.1, 0.15) is 12.1 Å². The second-order valence-corrected chi connectivity index (χ2v) is 7.54. The van der Waals surface area contributed by atoms with Crippen LogP contribution in [0.2, 0.25) is 0 Å². The van der Waals surface area contributed by atoms with Crippen molar-refractivity contribution in [3.05, 3.63) is 82.7 Å². The fourth-order valence-electron chi connectivity index (χ4n) is 3.63. The first-order valence-electron chi connectivity index (χ1n) is 10.0. The topological polar surface area (TPSA) is 96.7 Å². The van der Waals surface area contributed by atoms with Crippen molar-refractivity contribution in [1.29, 1.82) is 0 Å². The molecule has 5 aromatic rings. The lowest BCUT2D eigenvalue weighted by atomic mass is 10.1. The van der Waals surface area contributed by atoms with Crippen LogP contribution in [0.15, 0.2) is 70.2 Å². The average molecular weight is 427 g/mol. The van der Waals surface area contributed by atoms with Gasteiger partial charge in [0, 0.05) is 23.5 Å². The highest BCUT2D eigenvalue weighted by molar-refractivity contribution is 5.68. The number of rotatable bonds is 4. The van der Waals surface area contributed by atoms with E-state index in [1.165, 1.54) is 4.57 Å². The van der Waals surface area contributed by atoms with Crippen LogP contribution in [-0.4, -0.2) is 31.1 Å². The summed E-state index contributed by atoms with van der Waals surface area (Å²) in [5.74, 6) is 2.20. The highest BCUT2D eigenvalue weighted by Crippen LogP contribution is 2.35. The zero-order valence-electron chi connectivity index (χ0n) is 17.1. The first-order chi connectivity index (χ1) is 15.6. The maximum absolute atomic E-state index is 13.0. The number of ether oxygens (including phenoxy) is 2. The Morgan fingerprint density at radius 2 is 1.78 bits per heavy atom. The molecule has 0 unspecified atom stereocenters. The number of fused-ring (bicyclic) bond motifs is 2. The third-order valence-corrected chi connectivity index (χ3v) is 5.36. The fourth-order valence-corrected chi connectivity index (χ4v) is 3.63. The van der Waals surface area contributed by atoms with E-state index < -0.39 is 0 Å². The van der Waals surface area contributed by atoms with Crippen LogP contribution >= 0.6 is 0 Å². The fraction of sp³-hybridized carbons (Fsp3) is 0.130. The molecular formula is C23H17N5O4. The molecule has 0 spiro atoms. The molecule has 0 N–H and O–H groups in total. The van der Waals surface area contributed by atoms with Crippen LogP contribution in [0.3, 0.4) is 0 Å². The SMILES string of the molecule is Cc1ccc(-c2noc(Cn3ccn4nc(-c5ccc6c(c5)OCO6)cc4c3=O)n2)cc1. The molecule has 0 aliphatic carbocycles. The third kappa shape index (κ3) is 3.11. The first kappa shape index (κ1) is 18.4. The van der Waals surface area contributed by atoms with Crippen molar-refractivity contribution < 1.29 is 14.0 Å². The third-order valence-electron chi connectivity index (χ3n) is 5.36. The lowest BCUT2D eigenvalue weighted by Crippen LogP contribution is -2.21. The Morgan fingerprint density at radius 3 is 2.66 bits per heavy atom. The van der Waals surface area contributed by atoms with Crippen LogP contribution in [0, 0.1) is 6.92 Å². The summed E-state index contributed by atoms with van der Waals surface area (Å²) in [6.07, 6.45) is 3.38. The van der Waals surface area contributed by atoms with Gasteiger partial charge in [-0.15, -0.1) is 0 Å². The maximum atomic E-state index is 13.0. The van der Waals surface area contributed by atoms with Crippen LogP contribution < -0.4 is 15.0 Å². The summed E-state index contributed by atoms with van der Waals surface area (Å²) in [4.78, 5) is 17.5. The predicted molar refractivity (Wildman–Crippen MR) is 115 cm³/mol. The number of aryl methyl sites for hydroxylation is 1. The molecule has 0 atom stereocenters. The minimum Gasteiger partial charge on any atom is -0.454 e. The molecule has 158 valence electrons. The van der Waals surface area contributed by atoms with E-state index in [1.807, 2.05) is 49.4 Å². The largest absolute Gasteiger partial charge is 0.454 e. The second-order valence-electron chi connectivity index (χ2n) is 7.54. The number of hydrogen-bond acceptors (Lipinski definition) is 7. The van der Waals surface area contributed by atoms with Crippen LogP contribution in [0.25, 0.3) is 28.2 Å². The molecule has 0 amide bonds. The van der Waals surface area contributed by atoms with Gasteiger partial charge in [0.2, 0.25) is 18.5 Å². The minimum absolute atomic E-state index is 0.165. The number of aromatic nitrogens is 5. The van der Waals surface area contributed by atoms with Gasteiger partial charge in [-0.3, -0.25) is 4.79 Å². The van der Waals surface area contributed by atoms with E-state index in [0.29, 0.717) is 34.4 Å². The molecule has 0 saturated heterocycles. The van der Waals surface area contributed by atoms with E-state index in [1.54, 1.807) is 23.0 Å². The van der Waals surface area contributed by atoms with Gasteiger partial charge >= 0.3 is 0 Å². The van der Waals surface area contributed by atoms with Gasteiger partial charge < -0.3 is 18.6 Å². The Morgan fingerprint density at radius 1 is 0.969 bits per heavy atom. The van der Waals surface area contributed by atoms with Gasteiger partial charge in [0.05, 0.1) is 5.69 Å². The molecule has 0 saturated carbocycles. The van der Waals surface area contributed by atoms with Crippen LogP contribution in [0.4, 0.5) is 0 Å². The summed E-state index contributed by atoms with van der Waals surface area (Å²) in [7, 11) is 0. The van der Waals surface area contributed by atoms with E-state index >= 15 is 0 Å². The molecule has 32 heavy (non-hydrogen) atoms. The van der Waals surface area contributed by atoms with E-state index in [0.717, 1.165) is 16.7 Å². The van der Waals surface area contributed by atoms with E-state index in [-0.39, 0.29) is 18.9 Å². The lowest BCUT2D eigenvalue weighted by Gasteiger charge is -2.02. The maximum Gasteiger partial charge on any atom is 0.277 e. The van der Waals surface area contributed by atoms with Crippen molar-refractivity contribution >= 4 is 5.52 Å². The molecule has 9 nitrogen and oxygen atoms in total. The van der Waals surface area contributed by atoms with Gasteiger partial charge in [0.25, 0.3) is 5.56 Å². The molecule has 3 aromatic heterocycles. The summed E-state index contributed by atoms with van der Waals surface area (Å²) < 4.78 is 19.2. The van der Waals surface area contributed by atoms with Crippen LogP contribution in [-0.2, 0) is 6.54 Å². The predicted octanol–water partition coefficient (Wildman–Crippen LogP) is 3.30. The van der Waals surface area contributed by atoms with Crippen LogP contribution in [0.1, 0.15) is 11.5 Å². The van der Waals surface area contributed by atoms with Gasteiger partial charge in [-0.05, 0) is 31.2 Å². The molecular weight excluding hydrogens is 410 g/mol. The average Bonchev–Trinajstić information content (AvgIpc) is 3.55. The molecule has 2 aromatic carbocycles. The van der Waals surface area contributed by atoms with Crippen molar-refractivity contribution in [3.63, 3.8) is 0 Å². The normalized spacial score (nSPS) is 12.5. The zero-order chi connectivity index (χ0) is 21.7. The van der Waals surface area contributed by atoms with E-state index in [2.05, 4.69) is 15.2 Å². The van der Waals surface area contributed by atoms with Gasteiger partial charge in [-0.1, -0.05) is 35.0 Å². The summed E-state index contributed by atoms with van der Waals surface area (Å²) in [5, 5.41) is 8.56. The Balaban J connectivity index is 1.31. The molecule has 0 bridgehead atoms. The number of nitrogens with zero attached hydrogens (tertiary/aromatic N) is 5. The highest BCUT2D eigenvalue weighted by atomic mass is 16.7. The van der Waals surface area contributed by atoms with Gasteiger partial charge in [0.15, 0.2) is 11.5 Å². The van der Waals surface area contributed by atoms with Crippen molar-refractivity contribution in [2.45, 2.75) is 13.5 Å². The minimum atomic E-state index is -0.206. The van der Waals surface area contributed by atoms with Crippen molar-refractivity contribution in [3.8, 4) is 34.1 Å². The Labute approximate surface area is 181 Å². The van der Waals surface area contributed by atoms with Gasteiger partial charge in [-0.25, -0.2) is 4.52 Å². The molecule has 0 radical (unpaired) electrons. The molecule has 1 aliphatic rings. The van der Waals surface area contributed by atoms with E-state index in [9.17, 15) is 4.79 Å². The summed E-state index contributed by atoms with van der Waals surface area (Å²) >= 11 is 0. The van der Waals surface area contributed by atoms with Crippen LogP contribution in [0.5, 0.6) is 11.5 Å². The molecule has 9 heteroatoms. The lowest BCUT2D eigenvalue weighted by molar-refractivity contribution is 0.174. The van der Waals surface area contributed by atoms with Gasteiger partial charge in [-0.2, -0.15) is 10.1 Å². The van der Waals surface area contributed by atoms with Crippen molar-refractivity contribution in [1.82, 2.24) is 24.3 Å². The van der Waals surface area contributed by atoms with Crippen molar-refractivity contribution in [2.75, 3.05) is 6.79 Å². The summed E-state index contributed by atoms with van der Waals surface area (Å²) in [6.45, 7) is 2.39. The van der Waals surface area contributed by atoms with E-state index in [4.69, 9.17) is 14.0 Å². The monoisotopic (exact) mass is 427 g/mol. The summed E-state index contributed by atoms with van der Waals surface area (Å²) in [6, 6.07) is 15.2. The zero-order valence-corrected chi connectivity index (χ0v) is 17.1. The molecule has 6 rings (SSSR count). The summed E-state index contributed by atoms with van der Waals surface area (Å²) in [5.41, 5.74) is 3.75. The smallest absolute Gasteiger partial charge is 0.277 e. The molecule has 4 heterocycles. The Hall–Kier alpha value is -4.40. The molecule has 0 fully saturated rings. The Kier molecular flexibility index (Phi) is 4.07. The Bertz CT molecular complexity index is 1510. The standard InChI is InChI=1S/C23H17N5O4/c1-14-2-4-15(5-3-14)22-24-21(32-26-22)12-27-8-9-28-18(23(27)29)11-17(25-28)16-6-7-19-20(10-16)31-13-30-19/h2-11H,12-13H2,1H3. The second kappa shape index (κ2) is 7.09. The molecule has 1 aliphatic heterocycles. The highest BCUT2D eigenvalue weighted by Gasteiger charge is 2.17. The quantitative estimate of drug-likeness (QED) is 0.434. The first-order valence-corrected chi connectivity index (χ1v) is 10.0. The van der Waals surface area contributed by atoms with Crippen molar-refractivity contribution in [2.24, 2.45) is 0 Å².